The largest absolute Gasteiger partial charge is 0.495 e. The van der Waals surface area contributed by atoms with Crippen molar-refractivity contribution in [3.63, 3.8) is 0 Å². The Morgan fingerprint density at radius 3 is 2.57 bits per heavy atom. The Bertz CT molecular complexity index is 756. The van der Waals surface area contributed by atoms with E-state index in [2.05, 4.69) is 5.32 Å². The van der Waals surface area contributed by atoms with E-state index in [9.17, 15) is 14.9 Å². The zero-order chi connectivity index (χ0) is 17.0. The SMILES string of the molecule is COc1ccc([N+](=O)[O-])cc1NC(=O)Cc1ccc(C)cc1C. The molecule has 120 valence electrons. The highest BCUT2D eigenvalue weighted by atomic mass is 16.6. The number of benzene rings is 2. The van der Waals surface area contributed by atoms with E-state index in [1.165, 1.54) is 25.3 Å². The summed E-state index contributed by atoms with van der Waals surface area (Å²) in [7, 11) is 1.45. The molecule has 0 aromatic heterocycles. The fraction of sp³-hybridized carbons (Fsp3) is 0.235. The Hall–Kier alpha value is -2.89. The van der Waals surface area contributed by atoms with Gasteiger partial charge in [-0.15, -0.1) is 0 Å². The number of methoxy groups -OCH3 is 1. The minimum Gasteiger partial charge on any atom is -0.495 e. The van der Waals surface area contributed by atoms with Crippen LogP contribution < -0.4 is 10.1 Å². The molecule has 0 fully saturated rings. The van der Waals surface area contributed by atoms with Gasteiger partial charge in [0.15, 0.2) is 0 Å². The molecule has 6 nitrogen and oxygen atoms in total. The summed E-state index contributed by atoms with van der Waals surface area (Å²) in [5, 5.41) is 13.5. The lowest BCUT2D eigenvalue weighted by molar-refractivity contribution is -0.384. The lowest BCUT2D eigenvalue weighted by Gasteiger charge is -2.11. The molecule has 0 atom stereocenters. The summed E-state index contributed by atoms with van der Waals surface area (Å²) in [5.74, 6) is 0.125. The molecule has 0 bridgehead atoms. The van der Waals surface area contributed by atoms with Crippen LogP contribution in [0.4, 0.5) is 11.4 Å². The summed E-state index contributed by atoms with van der Waals surface area (Å²) < 4.78 is 5.13. The molecule has 0 aliphatic rings. The molecule has 0 spiro atoms. The van der Waals surface area contributed by atoms with Crippen LogP contribution in [-0.2, 0) is 11.2 Å². The maximum Gasteiger partial charge on any atom is 0.271 e. The molecule has 0 saturated carbocycles. The predicted octanol–water partition coefficient (Wildman–Crippen LogP) is 3.40. The fourth-order valence-corrected chi connectivity index (χ4v) is 2.32. The zero-order valence-electron chi connectivity index (χ0n) is 13.3. The van der Waals surface area contributed by atoms with Crippen molar-refractivity contribution in [2.45, 2.75) is 20.3 Å². The quantitative estimate of drug-likeness (QED) is 0.677. The Morgan fingerprint density at radius 2 is 1.96 bits per heavy atom. The van der Waals surface area contributed by atoms with Crippen molar-refractivity contribution in [2.24, 2.45) is 0 Å². The zero-order valence-corrected chi connectivity index (χ0v) is 13.3. The highest BCUT2D eigenvalue weighted by molar-refractivity contribution is 5.94. The maximum absolute atomic E-state index is 12.2. The van der Waals surface area contributed by atoms with Crippen LogP contribution in [0.1, 0.15) is 16.7 Å². The van der Waals surface area contributed by atoms with Gasteiger partial charge in [-0.25, -0.2) is 0 Å². The Balaban J connectivity index is 2.19. The normalized spacial score (nSPS) is 10.2. The second-order valence-corrected chi connectivity index (χ2v) is 5.30. The second kappa shape index (κ2) is 6.91. The number of nitrogens with zero attached hydrogens (tertiary/aromatic N) is 1. The number of rotatable bonds is 5. The average Bonchev–Trinajstić information content (AvgIpc) is 2.50. The van der Waals surface area contributed by atoms with Crippen molar-refractivity contribution < 1.29 is 14.5 Å². The third-order valence-corrected chi connectivity index (χ3v) is 3.52. The molecule has 1 amide bonds. The Kier molecular flexibility index (Phi) is 4.95. The molecule has 0 saturated heterocycles. The Labute approximate surface area is 134 Å². The second-order valence-electron chi connectivity index (χ2n) is 5.30. The van der Waals surface area contributed by atoms with Crippen molar-refractivity contribution in [3.8, 4) is 5.75 Å². The van der Waals surface area contributed by atoms with Crippen LogP contribution in [0.15, 0.2) is 36.4 Å². The van der Waals surface area contributed by atoms with E-state index in [4.69, 9.17) is 4.74 Å². The van der Waals surface area contributed by atoms with Gasteiger partial charge in [0, 0.05) is 12.1 Å². The number of amides is 1. The monoisotopic (exact) mass is 314 g/mol. The van der Waals surface area contributed by atoms with E-state index in [0.29, 0.717) is 5.75 Å². The number of hydrogen-bond donors (Lipinski definition) is 1. The van der Waals surface area contributed by atoms with Crippen molar-refractivity contribution >= 4 is 17.3 Å². The smallest absolute Gasteiger partial charge is 0.271 e. The van der Waals surface area contributed by atoms with E-state index in [0.717, 1.165) is 16.7 Å². The van der Waals surface area contributed by atoms with Crippen LogP contribution >= 0.6 is 0 Å². The van der Waals surface area contributed by atoms with Crippen molar-refractivity contribution in [3.05, 3.63) is 63.2 Å². The number of nitro benzene ring substituents is 1. The number of carbonyl (C=O) groups is 1. The van der Waals surface area contributed by atoms with Gasteiger partial charge in [-0.05, 0) is 31.0 Å². The summed E-state index contributed by atoms with van der Waals surface area (Å²) >= 11 is 0. The molecular formula is C17H18N2O4. The first-order chi connectivity index (χ1) is 10.9. The molecule has 2 rings (SSSR count). The molecule has 2 aromatic rings. The van der Waals surface area contributed by atoms with Gasteiger partial charge in [-0.3, -0.25) is 14.9 Å². The average molecular weight is 314 g/mol. The topological polar surface area (TPSA) is 81.5 Å². The summed E-state index contributed by atoms with van der Waals surface area (Å²) in [4.78, 5) is 22.6. The van der Waals surface area contributed by atoms with E-state index in [1.54, 1.807) is 0 Å². The van der Waals surface area contributed by atoms with Crippen LogP contribution in [0.5, 0.6) is 5.75 Å². The molecule has 0 aliphatic carbocycles. The number of hydrogen-bond acceptors (Lipinski definition) is 4. The molecule has 1 N–H and O–H groups in total. The highest BCUT2D eigenvalue weighted by Gasteiger charge is 2.14. The van der Waals surface area contributed by atoms with Crippen LogP contribution in [0.2, 0.25) is 0 Å². The highest BCUT2D eigenvalue weighted by Crippen LogP contribution is 2.29. The van der Waals surface area contributed by atoms with Crippen LogP contribution in [0.3, 0.4) is 0 Å². The van der Waals surface area contributed by atoms with Crippen molar-refractivity contribution in [1.82, 2.24) is 0 Å². The fourth-order valence-electron chi connectivity index (χ4n) is 2.32. The lowest BCUT2D eigenvalue weighted by Crippen LogP contribution is -2.15. The third kappa shape index (κ3) is 4.06. The first-order valence-corrected chi connectivity index (χ1v) is 7.09. The number of anilines is 1. The van der Waals surface area contributed by atoms with Gasteiger partial charge < -0.3 is 10.1 Å². The molecule has 6 heteroatoms. The third-order valence-electron chi connectivity index (χ3n) is 3.52. The summed E-state index contributed by atoms with van der Waals surface area (Å²) in [6.07, 6.45) is 0.192. The summed E-state index contributed by atoms with van der Waals surface area (Å²) in [6, 6.07) is 9.96. The van der Waals surface area contributed by atoms with Gasteiger partial charge in [0.2, 0.25) is 5.91 Å². The van der Waals surface area contributed by atoms with Crippen molar-refractivity contribution in [1.29, 1.82) is 0 Å². The molecule has 2 aromatic carbocycles. The van der Waals surface area contributed by atoms with E-state index >= 15 is 0 Å². The number of non-ortho nitro benzene ring substituents is 1. The summed E-state index contributed by atoms with van der Waals surface area (Å²) in [6.45, 7) is 3.94. The van der Waals surface area contributed by atoms with Crippen LogP contribution in [0, 0.1) is 24.0 Å². The number of carbonyl (C=O) groups excluding carboxylic acids is 1. The van der Waals surface area contributed by atoms with E-state index in [1.807, 2.05) is 32.0 Å². The van der Waals surface area contributed by atoms with Gasteiger partial charge in [0.1, 0.15) is 5.75 Å². The van der Waals surface area contributed by atoms with E-state index < -0.39 is 4.92 Å². The van der Waals surface area contributed by atoms with E-state index in [-0.39, 0.29) is 23.7 Å². The standard InChI is InChI=1S/C17H18N2O4/c1-11-4-5-13(12(2)8-11)9-17(20)18-15-10-14(19(21)22)6-7-16(15)23-3/h4-8,10H,9H2,1-3H3,(H,18,20). The first kappa shape index (κ1) is 16.5. The van der Waals surface area contributed by atoms with Gasteiger partial charge in [-0.2, -0.15) is 0 Å². The first-order valence-electron chi connectivity index (χ1n) is 7.09. The minimum absolute atomic E-state index is 0.104. The molecule has 0 unspecified atom stereocenters. The summed E-state index contributed by atoms with van der Waals surface area (Å²) in [5.41, 5.74) is 3.26. The maximum atomic E-state index is 12.2. The predicted molar refractivity (Wildman–Crippen MR) is 87.9 cm³/mol. The number of ether oxygens (including phenoxy) is 1. The molecule has 0 radical (unpaired) electrons. The number of nitrogens with one attached hydrogen (secondary N) is 1. The van der Waals surface area contributed by atoms with Gasteiger partial charge >= 0.3 is 0 Å². The van der Waals surface area contributed by atoms with Gasteiger partial charge in [0.25, 0.3) is 5.69 Å². The molecule has 0 aliphatic heterocycles. The van der Waals surface area contributed by atoms with Gasteiger partial charge in [0.05, 0.1) is 24.1 Å². The number of nitro groups is 1. The van der Waals surface area contributed by atoms with Crippen LogP contribution in [-0.4, -0.2) is 17.9 Å². The molecule has 0 heterocycles. The molecule has 23 heavy (non-hydrogen) atoms. The number of aryl methyl sites for hydroxylation is 2. The lowest BCUT2D eigenvalue weighted by atomic mass is 10.0. The minimum atomic E-state index is -0.515. The van der Waals surface area contributed by atoms with Crippen LogP contribution in [0.25, 0.3) is 0 Å². The molecular weight excluding hydrogens is 296 g/mol. The van der Waals surface area contributed by atoms with Gasteiger partial charge in [-0.1, -0.05) is 23.8 Å². The Morgan fingerprint density at radius 1 is 1.22 bits per heavy atom. The van der Waals surface area contributed by atoms with Crippen molar-refractivity contribution in [2.75, 3.05) is 12.4 Å².